The van der Waals surface area contributed by atoms with Gasteiger partial charge in [-0.05, 0) is 31.4 Å². The number of amides is 1. The molecule has 2 N–H and O–H groups in total. The Hall–Kier alpha value is -2.44. The number of benzene rings is 1. The molecular formula is C18H18N2O3S. The lowest BCUT2D eigenvalue weighted by molar-refractivity contribution is -0.115. The number of para-hydroxylation sites is 1. The number of aryl methyl sites for hydroxylation is 1. The summed E-state index contributed by atoms with van der Waals surface area (Å²) in [6, 6.07) is 9.13. The van der Waals surface area contributed by atoms with Gasteiger partial charge < -0.3 is 14.8 Å². The van der Waals surface area contributed by atoms with Gasteiger partial charge in [-0.1, -0.05) is 18.2 Å². The Kier molecular flexibility index (Phi) is 4.78. The molecule has 0 aliphatic carbocycles. The Bertz CT molecular complexity index is 838. The molecule has 0 saturated carbocycles. The number of aliphatic hydroxyl groups excluding tert-OH is 1. The van der Waals surface area contributed by atoms with Crippen LogP contribution in [-0.4, -0.2) is 16.0 Å². The highest BCUT2D eigenvalue weighted by Crippen LogP contribution is 2.25. The molecule has 0 aliphatic rings. The maximum Gasteiger partial charge on any atom is 0.230 e. The van der Waals surface area contributed by atoms with E-state index in [0.717, 1.165) is 5.56 Å². The molecule has 1 atom stereocenters. The fraction of sp³-hybridized carbons (Fsp3) is 0.222. The van der Waals surface area contributed by atoms with Crippen molar-refractivity contribution in [3.63, 3.8) is 0 Å². The molecule has 1 unspecified atom stereocenters. The maximum absolute atomic E-state index is 12.3. The van der Waals surface area contributed by atoms with E-state index in [0.29, 0.717) is 28.6 Å². The number of nitrogens with one attached hydrogen (secondary N) is 1. The van der Waals surface area contributed by atoms with Crippen molar-refractivity contribution in [2.75, 3.05) is 5.32 Å². The number of anilines is 1. The van der Waals surface area contributed by atoms with Crippen molar-refractivity contribution in [1.82, 2.24) is 4.98 Å². The van der Waals surface area contributed by atoms with Crippen molar-refractivity contribution in [1.29, 1.82) is 0 Å². The van der Waals surface area contributed by atoms with Crippen LogP contribution in [0.5, 0.6) is 0 Å². The predicted molar refractivity (Wildman–Crippen MR) is 94.0 cm³/mol. The Balaban J connectivity index is 1.74. The van der Waals surface area contributed by atoms with Crippen LogP contribution < -0.4 is 5.32 Å². The average Bonchev–Trinajstić information content (AvgIpc) is 3.18. The van der Waals surface area contributed by atoms with Crippen molar-refractivity contribution in [3.05, 3.63) is 58.1 Å². The Morgan fingerprint density at radius 2 is 2.17 bits per heavy atom. The van der Waals surface area contributed by atoms with E-state index in [-0.39, 0.29) is 12.3 Å². The molecule has 0 fully saturated rings. The number of carbonyl (C=O) groups excluding carboxylic acids is 1. The number of hydrogen-bond acceptors (Lipinski definition) is 5. The van der Waals surface area contributed by atoms with E-state index in [4.69, 9.17) is 4.42 Å². The van der Waals surface area contributed by atoms with E-state index in [1.807, 2.05) is 29.0 Å². The van der Waals surface area contributed by atoms with Crippen LogP contribution in [0.3, 0.4) is 0 Å². The second kappa shape index (κ2) is 6.98. The van der Waals surface area contributed by atoms with Gasteiger partial charge in [0.1, 0.15) is 5.76 Å². The molecule has 0 bridgehead atoms. The first-order chi connectivity index (χ1) is 11.5. The molecule has 24 heavy (non-hydrogen) atoms. The number of aliphatic hydroxyl groups is 1. The monoisotopic (exact) mass is 342 g/mol. The standard InChI is InChI=1S/C18H18N2O3S/c1-11(21)14-5-3-4-6-15(14)19-17(22)9-16-12(2)23-18(20-16)13-7-8-24-10-13/h3-8,10-11,21H,9H2,1-2H3,(H,19,22). The summed E-state index contributed by atoms with van der Waals surface area (Å²) in [6.07, 6.45) is -0.534. The molecule has 0 aliphatic heterocycles. The Labute approximate surface area is 144 Å². The third kappa shape index (κ3) is 3.55. The van der Waals surface area contributed by atoms with Gasteiger partial charge in [0.15, 0.2) is 0 Å². The lowest BCUT2D eigenvalue weighted by Gasteiger charge is -2.12. The van der Waals surface area contributed by atoms with Gasteiger partial charge in [0.05, 0.1) is 18.2 Å². The van der Waals surface area contributed by atoms with Crippen LogP contribution in [0, 0.1) is 6.92 Å². The van der Waals surface area contributed by atoms with Gasteiger partial charge >= 0.3 is 0 Å². The van der Waals surface area contributed by atoms with Crippen LogP contribution in [0.4, 0.5) is 5.69 Å². The van der Waals surface area contributed by atoms with Gasteiger partial charge in [0.25, 0.3) is 0 Å². The summed E-state index contributed by atoms with van der Waals surface area (Å²) in [7, 11) is 0. The van der Waals surface area contributed by atoms with Crippen LogP contribution in [0.15, 0.2) is 45.5 Å². The fourth-order valence-corrected chi connectivity index (χ4v) is 3.05. The number of hydrogen-bond donors (Lipinski definition) is 2. The van der Waals surface area contributed by atoms with Crippen molar-refractivity contribution < 1.29 is 14.3 Å². The summed E-state index contributed by atoms with van der Waals surface area (Å²) < 4.78 is 5.65. The maximum atomic E-state index is 12.3. The van der Waals surface area contributed by atoms with Crippen molar-refractivity contribution in [2.45, 2.75) is 26.4 Å². The number of nitrogens with zero attached hydrogens (tertiary/aromatic N) is 1. The first-order valence-corrected chi connectivity index (χ1v) is 8.54. The molecule has 2 heterocycles. The van der Waals surface area contributed by atoms with Crippen LogP contribution in [0.2, 0.25) is 0 Å². The topological polar surface area (TPSA) is 75.4 Å². The molecule has 3 rings (SSSR count). The Morgan fingerprint density at radius 1 is 1.38 bits per heavy atom. The summed E-state index contributed by atoms with van der Waals surface area (Å²) >= 11 is 1.57. The molecule has 0 saturated heterocycles. The predicted octanol–water partition coefficient (Wildman–Crippen LogP) is 3.95. The summed E-state index contributed by atoms with van der Waals surface area (Å²) in [5.41, 5.74) is 2.82. The highest BCUT2D eigenvalue weighted by atomic mass is 32.1. The highest BCUT2D eigenvalue weighted by molar-refractivity contribution is 7.08. The number of aromatic nitrogens is 1. The second-order valence-electron chi connectivity index (χ2n) is 5.52. The first-order valence-electron chi connectivity index (χ1n) is 7.60. The number of rotatable bonds is 5. The second-order valence-corrected chi connectivity index (χ2v) is 6.30. The SMILES string of the molecule is Cc1oc(-c2ccsc2)nc1CC(=O)Nc1ccccc1C(C)O. The van der Waals surface area contributed by atoms with Crippen LogP contribution >= 0.6 is 11.3 Å². The van der Waals surface area contributed by atoms with Gasteiger partial charge in [0.2, 0.25) is 11.8 Å². The minimum absolute atomic E-state index is 0.119. The van der Waals surface area contributed by atoms with E-state index in [2.05, 4.69) is 10.3 Å². The summed E-state index contributed by atoms with van der Waals surface area (Å²) in [5, 5.41) is 16.5. The third-order valence-corrected chi connectivity index (χ3v) is 4.36. The fourth-order valence-electron chi connectivity index (χ4n) is 2.42. The zero-order chi connectivity index (χ0) is 17.1. The van der Waals surface area contributed by atoms with E-state index < -0.39 is 6.10 Å². The van der Waals surface area contributed by atoms with E-state index in [1.165, 1.54) is 0 Å². The van der Waals surface area contributed by atoms with Crippen molar-refractivity contribution in [2.24, 2.45) is 0 Å². The first kappa shape index (κ1) is 16.4. The third-order valence-electron chi connectivity index (χ3n) is 3.67. The van der Waals surface area contributed by atoms with E-state index >= 15 is 0 Å². The molecule has 6 heteroatoms. The van der Waals surface area contributed by atoms with Gasteiger partial charge in [-0.2, -0.15) is 11.3 Å². The molecular weight excluding hydrogens is 324 g/mol. The quantitative estimate of drug-likeness (QED) is 0.736. The molecule has 0 radical (unpaired) electrons. The summed E-state index contributed by atoms with van der Waals surface area (Å²) in [6.45, 7) is 3.47. The molecule has 3 aromatic rings. The number of oxazole rings is 1. The molecule has 124 valence electrons. The lowest BCUT2D eigenvalue weighted by atomic mass is 10.1. The molecule has 2 aromatic heterocycles. The normalized spacial score (nSPS) is 12.1. The summed E-state index contributed by atoms with van der Waals surface area (Å²) in [4.78, 5) is 16.8. The van der Waals surface area contributed by atoms with E-state index in [1.54, 1.807) is 37.3 Å². The summed E-state index contributed by atoms with van der Waals surface area (Å²) in [5.74, 6) is 0.965. The molecule has 1 aromatic carbocycles. The van der Waals surface area contributed by atoms with Crippen molar-refractivity contribution in [3.8, 4) is 11.5 Å². The smallest absolute Gasteiger partial charge is 0.230 e. The van der Waals surface area contributed by atoms with Gasteiger partial charge in [-0.25, -0.2) is 4.98 Å². The number of thiophene rings is 1. The Morgan fingerprint density at radius 3 is 2.88 bits per heavy atom. The van der Waals surface area contributed by atoms with Gasteiger partial charge in [0, 0.05) is 22.2 Å². The molecule has 0 spiro atoms. The lowest BCUT2D eigenvalue weighted by Crippen LogP contribution is -2.16. The zero-order valence-electron chi connectivity index (χ0n) is 13.4. The van der Waals surface area contributed by atoms with E-state index in [9.17, 15) is 9.90 Å². The number of carbonyl (C=O) groups is 1. The molecule has 1 amide bonds. The van der Waals surface area contributed by atoms with Gasteiger partial charge in [-0.15, -0.1) is 0 Å². The minimum atomic E-state index is -0.652. The average molecular weight is 342 g/mol. The van der Waals surface area contributed by atoms with Crippen LogP contribution in [0.1, 0.15) is 30.0 Å². The molecule has 5 nitrogen and oxygen atoms in total. The zero-order valence-corrected chi connectivity index (χ0v) is 14.3. The van der Waals surface area contributed by atoms with Gasteiger partial charge in [-0.3, -0.25) is 4.79 Å². The minimum Gasteiger partial charge on any atom is -0.441 e. The van der Waals surface area contributed by atoms with Crippen molar-refractivity contribution >= 4 is 22.9 Å². The van der Waals surface area contributed by atoms with Crippen LogP contribution in [-0.2, 0) is 11.2 Å². The highest BCUT2D eigenvalue weighted by Gasteiger charge is 2.16. The van der Waals surface area contributed by atoms with Crippen LogP contribution in [0.25, 0.3) is 11.5 Å². The largest absolute Gasteiger partial charge is 0.441 e.